The van der Waals surface area contributed by atoms with Crippen molar-refractivity contribution < 1.29 is 0 Å². The van der Waals surface area contributed by atoms with Crippen molar-refractivity contribution in [3.63, 3.8) is 0 Å². The van der Waals surface area contributed by atoms with Crippen molar-refractivity contribution in [2.75, 3.05) is 7.05 Å². The fourth-order valence-corrected chi connectivity index (χ4v) is 3.43. The molecule has 2 unspecified atom stereocenters. The lowest BCUT2D eigenvalue weighted by Gasteiger charge is -2.27. The monoisotopic (exact) mass is 260 g/mol. The fraction of sp³-hybridized carbons (Fsp3) is 0.706. The van der Waals surface area contributed by atoms with Gasteiger partial charge in [0, 0.05) is 18.4 Å². The molecule has 0 aromatic carbocycles. The molecular weight excluding hydrogens is 232 g/mol. The summed E-state index contributed by atoms with van der Waals surface area (Å²) in [5.74, 6) is 1.55. The third-order valence-electron chi connectivity index (χ3n) is 4.82. The van der Waals surface area contributed by atoms with E-state index in [1.54, 1.807) is 0 Å². The molecule has 1 aliphatic carbocycles. The molecule has 2 rings (SSSR count). The van der Waals surface area contributed by atoms with Crippen molar-refractivity contribution in [2.45, 2.75) is 63.8 Å². The van der Waals surface area contributed by atoms with Gasteiger partial charge in [0.05, 0.1) is 0 Å². The highest BCUT2D eigenvalue weighted by atomic mass is 14.9. The van der Waals surface area contributed by atoms with E-state index in [-0.39, 0.29) is 0 Å². The van der Waals surface area contributed by atoms with Crippen molar-refractivity contribution in [1.82, 2.24) is 10.3 Å². The van der Waals surface area contributed by atoms with Crippen LogP contribution in [-0.4, -0.2) is 18.1 Å². The Morgan fingerprint density at radius 2 is 1.89 bits per heavy atom. The number of hydrogen-bond donors (Lipinski definition) is 1. The summed E-state index contributed by atoms with van der Waals surface area (Å²) in [6.45, 7) is 2.33. The number of aromatic nitrogens is 1. The molecule has 1 fully saturated rings. The van der Waals surface area contributed by atoms with E-state index in [1.165, 1.54) is 50.5 Å². The first-order valence-electron chi connectivity index (χ1n) is 7.88. The van der Waals surface area contributed by atoms with Crippen molar-refractivity contribution in [1.29, 1.82) is 0 Å². The van der Waals surface area contributed by atoms with Crippen molar-refractivity contribution in [3.05, 3.63) is 30.1 Å². The molecule has 1 saturated carbocycles. The molecule has 106 valence electrons. The molecule has 1 aromatic heterocycles. The molecule has 0 saturated heterocycles. The van der Waals surface area contributed by atoms with Gasteiger partial charge < -0.3 is 5.32 Å². The number of nitrogens with zero attached hydrogens (tertiary/aromatic N) is 1. The Hall–Kier alpha value is -0.890. The molecule has 2 atom stereocenters. The van der Waals surface area contributed by atoms with Crippen LogP contribution in [0.15, 0.2) is 24.5 Å². The summed E-state index contributed by atoms with van der Waals surface area (Å²) in [6, 6.07) is 4.88. The van der Waals surface area contributed by atoms with Gasteiger partial charge in [-0.1, -0.05) is 39.0 Å². The van der Waals surface area contributed by atoms with Crippen LogP contribution in [0.3, 0.4) is 0 Å². The SMILES string of the molecule is CNC(CCC1CCCCC1)C(C)c1ccncc1. The summed E-state index contributed by atoms with van der Waals surface area (Å²) >= 11 is 0. The van der Waals surface area contributed by atoms with Crippen LogP contribution in [-0.2, 0) is 0 Å². The van der Waals surface area contributed by atoms with E-state index in [2.05, 4.69) is 36.4 Å². The van der Waals surface area contributed by atoms with Gasteiger partial charge >= 0.3 is 0 Å². The average Bonchev–Trinajstić information content (AvgIpc) is 2.49. The van der Waals surface area contributed by atoms with Crippen molar-refractivity contribution >= 4 is 0 Å². The minimum absolute atomic E-state index is 0.566. The van der Waals surface area contributed by atoms with E-state index < -0.39 is 0 Å². The molecule has 2 heteroatoms. The van der Waals surface area contributed by atoms with Crippen molar-refractivity contribution in [2.24, 2.45) is 5.92 Å². The Kier molecular flexibility index (Phi) is 5.84. The first kappa shape index (κ1) is 14.5. The van der Waals surface area contributed by atoms with Gasteiger partial charge in [0.1, 0.15) is 0 Å². The lowest BCUT2D eigenvalue weighted by Crippen LogP contribution is -2.31. The third kappa shape index (κ3) is 4.31. The summed E-state index contributed by atoms with van der Waals surface area (Å²) in [5.41, 5.74) is 1.40. The molecule has 0 aliphatic heterocycles. The lowest BCUT2D eigenvalue weighted by atomic mass is 9.83. The number of likely N-dealkylation sites (N-methyl/N-ethyl adjacent to an activating group) is 1. The van der Waals surface area contributed by atoms with E-state index in [0.717, 1.165) is 5.92 Å². The van der Waals surface area contributed by atoms with Crippen LogP contribution in [0.25, 0.3) is 0 Å². The number of hydrogen-bond acceptors (Lipinski definition) is 2. The summed E-state index contributed by atoms with van der Waals surface area (Å²) in [6.07, 6.45) is 13.8. The van der Waals surface area contributed by atoms with Crippen LogP contribution in [0.2, 0.25) is 0 Å². The molecule has 1 N–H and O–H groups in total. The van der Waals surface area contributed by atoms with Crippen LogP contribution in [0, 0.1) is 5.92 Å². The Morgan fingerprint density at radius 1 is 1.21 bits per heavy atom. The van der Waals surface area contributed by atoms with E-state index in [1.807, 2.05) is 12.4 Å². The minimum atomic E-state index is 0.566. The zero-order valence-corrected chi connectivity index (χ0v) is 12.4. The van der Waals surface area contributed by atoms with Gasteiger partial charge in [0.2, 0.25) is 0 Å². The molecule has 19 heavy (non-hydrogen) atoms. The van der Waals surface area contributed by atoms with Gasteiger partial charge in [-0.3, -0.25) is 4.98 Å². The standard InChI is InChI=1S/C17H28N2/c1-14(16-10-12-19-13-11-16)17(18-2)9-8-15-6-4-3-5-7-15/h10-15,17-18H,3-9H2,1-2H3. The van der Waals surface area contributed by atoms with E-state index >= 15 is 0 Å². The highest BCUT2D eigenvalue weighted by molar-refractivity contribution is 5.17. The highest BCUT2D eigenvalue weighted by Gasteiger charge is 2.20. The average molecular weight is 260 g/mol. The second-order valence-electron chi connectivity index (χ2n) is 6.05. The topological polar surface area (TPSA) is 24.9 Å². The van der Waals surface area contributed by atoms with Crippen LogP contribution in [0.5, 0.6) is 0 Å². The minimum Gasteiger partial charge on any atom is -0.316 e. The van der Waals surface area contributed by atoms with E-state index in [0.29, 0.717) is 12.0 Å². The van der Waals surface area contributed by atoms with Crippen LogP contribution in [0.4, 0.5) is 0 Å². The first-order chi connectivity index (χ1) is 9.31. The predicted molar refractivity (Wildman–Crippen MR) is 81.3 cm³/mol. The van der Waals surface area contributed by atoms with Gasteiger partial charge in [-0.2, -0.15) is 0 Å². The Bertz CT molecular complexity index is 344. The summed E-state index contributed by atoms with van der Waals surface area (Å²) in [4.78, 5) is 4.11. The first-order valence-corrected chi connectivity index (χ1v) is 7.88. The van der Waals surface area contributed by atoms with E-state index in [4.69, 9.17) is 0 Å². The molecule has 0 spiro atoms. The zero-order chi connectivity index (χ0) is 13.5. The molecule has 1 heterocycles. The second-order valence-corrected chi connectivity index (χ2v) is 6.05. The Morgan fingerprint density at radius 3 is 2.53 bits per heavy atom. The summed E-state index contributed by atoms with van der Waals surface area (Å²) in [7, 11) is 2.10. The lowest BCUT2D eigenvalue weighted by molar-refractivity contribution is 0.307. The summed E-state index contributed by atoms with van der Waals surface area (Å²) in [5, 5.41) is 3.52. The van der Waals surface area contributed by atoms with Gasteiger partial charge in [0.15, 0.2) is 0 Å². The Balaban J connectivity index is 1.85. The van der Waals surface area contributed by atoms with Crippen LogP contribution >= 0.6 is 0 Å². The smallest absolute Gasteiger partial charge is 0.0270 e. The maximum absolute atomic E-state index is 4.11. The summed E-state index contributed by atoms with van der Waals surface area (Å²) < 4.78 is 0. The fourth-order valence-electron chi connectivity index (χ4n) is 3.43. The molecular formula is C17H28N2. The van der Waals surface area contributed by atoms with Crippen LogP contribution in [0.1, 0.15) is 63.4 Å². The normalized spacial score (nSPS) is 20.1. The number of pyridine rings is 1. The third-order valence-corrected chi connectivity index (χ3v) is 4.82. The van der Waals surface area contributed by atoms with Gasteiger partial charge in [-0.25, -0.2) is 0 Å². The van der Waals surface area contributed by atoms with Gasteiger partial charge in [-0.15, -0.1) is 0 Å². The van der Waals surface area contributed by atoms with Gasteiger partial charge in [0.25, 0.3) is 0 Å². The zero-order valence-electron chi connectivity index (χ0n) is 12.4. The molecule has 2 nitrogen and oxygen atoms in total. The van der Waals surface area contributed by atoms with Gasteiger partial charge in [-0.05, 0) is 49.4 Å². The molecule has 1 aliphatic rings. The maximum atomic E-state index is 4.11. The Labute approximate surface area is 118 Å². The number of nitrogens with one attached hydrogen (secondary N) is 1. The molecule has 0 amide bonds. The van der Waals surface area contributed by atoms with Crippen LogP contribution < -0.4 is 5.32 Å². The van der Waals surface area contributed by atoms with Crippen molar-refractivity contribution in [3.8, 4) is 0 Å². The predicted octanol–water partition coefficient (Wildman–Crippen LogP) is 4.13. The molecule has 0 radical (unpaired) electrons. The molecule has 1 aromatic rings. The number of rotatable bonds is 6. The van der Waals surface area contributed by atoms with E-state index in [9.17, 15) is 0 Å². The maximum Gasteiger partial charge on any atom is 0.0270 e. The second kappa shape index (κ2) is 7.64. The molecule has 0 bridgehead atoms. The highest BCUT2D eigenvalue weighted by Crippen LogP contribution is 2.30. The quantitative estimate of drug-likeness (QED) is 0.831. The largest absolute Gasteiger partial charge is 0.316 e.